The molecule has 3 heteroatoms. The Hall–Kier alpha value is -1.51. The maximum absolute atomic E-state index is 11.1. The van der Waals surface area contributed by atoms with Crippen LogP contribution in [0, 0.1) is 11.3 Å². The third-order valence-corrected chi connectivity index (χ3v) is 4.12. The molecule has 2 aliphatic carbocycles. The second-order valence-electron chi connectivity index (χ2n) is 5.34. The summed E-state index contributed by atoms with van der Waals surface area (Å²) in [5.74, 6) is 0.0383. The highest BCUT2D eigenvalue weighted by Crippen LogP contribution is 2.61. The van der Waals surface area contributed by atoms with E-state index in [0.29, 0.717) is 11.0 Å². The van der Waals surface area contributed by atoms with E-state index >= 15 is 0 Å². The first kappa shape index (κ1) is 10.6. The molecule has 2 saturated carbocycles. The quantitative estimate of drug-likeness (QED) is 0.819. The lowest BCUT2D eigenvalue weighted by Crippen LogP contribution is -2.18. The van der Waals surface area contributed by atoms with Gasteiger partial charge in [-0.25, -0.2) is 4.79 Å². The molecule has 0 heterocycles. The van der Waals surface area contributed by atoms with E-state index in [1.54, 1.807) is 12.1 Å². The molecule has 2 fully saturated rings. The maximum atomic E-state index is 11.1. The van der Waals surface area contributed by atoms with Crippen molar-refractivity contribution in [3.63, 3.8) is 0 Å². The molecule has 90 valence electrons. The van der Waals surface area contributed by atoms with E-state index in [1.165, 1.54) is 25.7 Å². The third kappa shape index (κ3) is 2.02. The first-order valence-electron chi connectivity index (χ1n) is 6.27. The highest BCUT2D eigenvalue weighted by Gasteiger charge is 2.53. The number of rotatable bonds is 5. The first-order chi connectivity index (χ1) is 8.21. The van der Waals surface area contributed by atoms with E-state index in [4.69, 9.17) is 5.11 Å². The highest BCUT2D eigenvalue weighted by atomic mass is 16.4. The van der Waals surface area contributed by atoms with Crippen LogP contribution in [0.2, 0.25) is 0 Å². The van der Waals surface area contributed by atoms with Gasteiger partial charge in [0.15, 0.2) is 0 Å². The van der Waals surface area contributed by atoms with E-state index in [9.17, 15) is 4.79 Å². The summed E-state index contributed by atoms with van der Waals surface area (Å²) in [6, 6.07) is 7.15. The Kier molecular flexibility index (Phi) is 2.35. The molecular formula is C14H17NO2. The number of anilines is 1. The van der Waals surface area contributed by atoms with Crippen molar-refractivity contribution in [1.82, 2.24) is 0 Å². The summed E-state index contributed by atoms with van der Waals surface area (Å²) >= 11 is 0. The van der Waals surface area contributed by atoms with Crippen LogP contribution < -0.4 is 5.32 Å². The number of carbonyl (C=O) groups is 1. The average Bonchev–Trinajstić information content (AvgIpc) is 3.17. The lowest BCUT2D eigenvalue weighted by atomic mass is 10.0. The largest absolute Gasteiger partial charge is 0.478 e. The molecule has 2 N–H and O–H groups in total. The molecule has 0 aliphatic heterocycles. The van der Waals surface area contributed by atoms with Gasteiger partial charge in [-0.1, -0.05) is 12.1 Å². The number of benzene rings is 1. The van der Waals surface area contributed by atoms with Crippen molar-refractivity contribution in [2.75, 3.05) is 11.9 Å². The minimum Gasteiger partial charge on any atom is -0.478 e. The summed E-state index contributed by atoms with van der Waals surface area (Å²) in [6.07, 6.45) is 5.34. The van der Waals surface area contributed by atoms with Gasteiger partial charge in [-0.3, -0.25) is 0 Å². The summed E-state index contributed by atoms with van der Waals surface area (Å²) in [5, 5.41) is 12.4. The lowest BCUT2D eigenvalue weighted by Gasteiger charge is -2.17. The molecule has 17 heavy (non-hydrogen) atoms. The Morgan fingerprint density at radius 3 is 2.65 bits per heavy atom. The molecule has 0 radical (unpaired) electrons. The van der Waals surface area contributed by atoms with E-state index in [0.717, 1.165) is 18.2 Å². The van der Waals surface area contributed by atoms with Gasteiger partial charge in [0.1, 0.15) is 0 Å². The van der Waals surface area contributed by atoms with Crippen LogP contribution in [0.4, 0.5) is 5.69 Å². The Morgan fingerprint density at radius 1 is 1.35 bits per heavy atom. The Bertz CT molecular complexity index is 447. The van der Waals surface area contributed by atoms with Crippen molar-refractivity contribution in [2.45, 2.75) is 25.7 Å². The molecule has 2 aliphatic rings. The molecule has 0 spiro atoms. The van der Waals surface area contributed by atoms with Gasteiger partial charge in [0.2, 0.25) is 0 Å². The average molecular weight is 231 g/mol. The summed E-state index contributed by atoms with van der Waals surface area (Å²) in [7, 11) is 0. The molecule has 0 bridgehead atoms. The fourth-order valence-corrected chi connectivity index (χ4v) is 2.68. The van der Waals surface area contributed by atoms with Crippen molar-refractivity contribution < 1.29 is 9.90 Å². The highest BCUT2D eigenvalue weighted by molar-refractivity contribution is 5.94. The second kappa shape index (κ2) is 3.76. The summed E-state index contributed by atoms with van der Waals surface area (Å²) in [4.78, 5) is 11.1. The molecule has 3 nitrogen and oxygen atoms in total. The van der Waals surface area contributed by atoms with Crippen LogP contribution in [-0.4, -0.2) is 17.6 Å². The van der Waals surface area contributed by atoms with Crippen molar-refractivity contribution in [1.29, 1.82) is 0 Å². The predicted octanol–water partition coefficient (Wildman–Crippen LogP) is 2.99. The van der Waals surface area contributed by atoms with Crippen molar-refractivity contribution >= 4 is 11.7 Å². The van der Waals surface area contributed by atoms with Crippen LogP contribution >= 0.6 is 0 Å². The normalized spacial score (nSPS) is 20.9. The Morgan fingerprint density at radius 2 is 2.06 bits per heavy atom. The number of para-hydroxylation sites is 1. The van der Waals surface area contributed by atoms with Crippen LogP contribution in [-0.2, 0) is 0 Å². The monoisotopic (exact) mass is 231 g/mol. The summed E-state index contributed by atoms with van der Waals surface area (Å²) < 4.78 is 0. The molecular weight excluding hydrogens is 214 g/mol. The Balaban J connectivity index is 1.70. The summed E-state index contributed by atoms with van der Waals surface area (Å²) in [6.45, 7) is 0.932. The number of carboxylic acid groups (broad SMARTS) is 1. The number of hydrogen-bond donors (Lipinski definition) is 2. The van der Waals surface area contributed by atoms with Gasteiger partial charge in [-0.15, -0.1) is 0 Å². The molecule has 1 aromatic rings. The molecule has 0 amide bonds. The first-order valence-corrected chi connectivity index (χ1v) is 6.27. The topological polar surface area (TPSA) is 49.3 Å². The van der Waals surface area contributed by atoms with E-state index < -0.39 is 5.97 Å². The molecule has 1 aromatic carbocycles. The van der Waals surface area contributed by atoms with Gasteiger partial charge < -0.3 is 10.4 Å². The molecule has 0 unspecified atom stereocenters. The van der Waals surface area contributed by atoms with Crippen molar-refractivity contribution in [2.24, 2.45) is 11.3 Å². The molecule has 3 rings (SSSR count). The van der Waals surface area contributed by atoms with E-state index in [1.807, 2.05) is 12.1 Å². The zero-order valence-corrected chi connectivity index (χ0v) is 9.78. The minimum atomic E-state index is -0.857. The predicted molar refractivity (Wildman–Crippen MR) is 66.3 cm³/mol. The van der Waals surface area contributed by atoms with Gasteiger partial charge in [-0.2, -0.15) is 0 Å². The number of carboxylic acids is 1. The van der Waals surface area contributed by atoms with Gasteiger partial charge in [0.25, 0.3) is 0 Å². The van der Waals surface area contributed by atoms with Crippen LogP contribution in [0.3, 0.4) is 0 Å². The fourth-order valence-electron chi connectivity index (χ4n) is 2.68. The van der Waals surface area contributed by atoms with Crippen LogP contribution in [0.5, 0.6) is 0 Å². The SMILES string of the molecule is O=C(O)c1ccccc1NCC1(C2CC2)CC1. The number of aromatic carboxylic acids is 1. The smallest absolute Gasteiger partial charge is 0.337 e. The van der Waals surface area contributed by atoms with E-state index in [-0.39, 0.29) is 0 Å². The number of hydrogen-bond acceptors (Lipinski definition) is 2. The number of nitrogens with one attached hydrogen (secondary N) is 1. The molecule has 0 atom stereocenters. The van der Waals surface area contributed by atoms with Crippen molar-refractivity contribution in [3.8, 4) is 0 Å². The Labute approximate surface area is 101 Å². The third-order valence-electron chi connectivity index (χ3n) is 4.12. The second-order valence-corrected chi connectivity index (χ2v) is 5.34. The lowest BCUT2D eigenvalue weighted by molar-refractivity contribution is 0.0698. The molecule has 0 aromatic heterocycles. The van der Waals surface area contributed by atoms with Gasteiger partial charge >= 0.3 is 5.97 Å². The summed E-state index contributed by atoms with van der Waals surface area (Å²) in [5.41, 5.74) is 1.62. The molecule has 0 saturated heterocycles. The van der Waals surface area contributed by atoms with Gasteiger partial charge in [0.05, 0.1) is 5.56 Å². The zero-order chi connectivity index (χ0) is 11.9. The van der Waals surface area contributed by atoms with Crippen LogP contribution in [0.15, 0.2) is 24.3 Å². The fraction of sp³-hybridized carbons (Fsp3) is 0.500. The maximum Gasteiger partial charge on any atom is 0.337 e. The van der Waals surface area contributed by atoms with Crippen LogP contribution in [0.25, 0.3) is 0 Å². The van der Waals surface area contributed by atoms with E-state index in [2.05, 4.69) is 5.32 Å². The van der Waals surface area contributed by atoms with Gasteiger partial charge in [0, 0.05) is 12.2 Å². The van der Waals surface area contributed by atoms with Gasteiger partial charge in [-0.05, 0) is 49.1 Å². The zero-order valence-electron chi connectivity index (χ0n) is 9.78. The standard InChI is InChI=1S/C14H17NO2/c16-13(17)11-3-1-2-4-12(11)15-9-14(7-8-14)10-5-6-10/h1-4,10,15H,5-9H2,(H,16,17). The minimum absolute atomic E-state index is 0.374. The van der Waals surface area contributed by atoms with Crippen molar-refractivity contribution in [3.05, 3.63) is 29.8 Å². The van der Waals surface area contributed by atoms with Crippen LogP contribution in [0.1, 0.15) is 36.0 Å².